The fourth-order valence-electron chi connectivity index (χ4n) is 1.80. The first-order chi connectivity index (χ1) is 9.70. The van der Waals surface area contributed by atoms with Crippen molar-refractivity contribution in [1.29, 1.82) is 0 Å². The average Bonchev–Trinajstić information content (AvgIpc) is 2.48. The van der Waals surface area contributed by atoms with Gasteiger partial charge in [-0.05, 0) is 17.7 Å². The maximum atomic E-state index is 10.7. The zero-order chi connectivity index (χ0) is 14.4. The van der Waals surface area contributed by atoms with Crippen LogP contribution in [0.5, 0.6) is 5.75 Å². The molecule has 20 heavy (non-hydrogen) atoms. The van der Waals surface area contributed by atoms with Crippen LogP contribution in [-0.4, -0.2) is 16.5 Å². The van der Waals surface area contributed by atoms with Crippen LogP contribution in [0.3, 0.4) is 0 Å². The second kappa shape index (κ2) is 6.63. The topological polar surface area (TPSA) is 91.3 Å². The standard InChI is InChI=1S/C14H15N3O3/c15-9-12-8-13(17(18)19)3-4-14(12)20-7-5-11-2-1-6-16-10-11/h1-4,6,8,10H,5,7,9,15H2. The summed E-state index contributed by atoms with van der Waals surface area (Å²) in [5.74, 6) is 0.585. The Morgan fingerprint density at radius 1 is 1.35 bits per heavy atom. The van der Waals surface area contributed by atoms with Crippen LogP contribution in [0.1, 0.15) is 11.1 Å². The van der Waals surface area contributed by atoms with Crippen molar-refractivity contribution in [3.63, 3.8) is 0 Å². The van der Waals surface area contributed by atoms with Gasteiger partial charge in [0.25, 0.3) is 5.69 Å². The first kappa shape index (κ1) is 14.0. The normalized spacial score (nSPS) is 10.2. The van der Waals surface area contributed by atoms with Gasteiger partial charge in [-0.3, -0.25) is 15.1 Å². The smallest absolute Gasteiger partial charge is 0.270 e. The van der Waals surface area contributed by atoms with E-state index in [-0.39, 0.29) is 12.2 Å². The Labute approximate surface area is 116 Å². The van der Waals surface area contributed by atoms with Gasteiger partial charge in [0, 0.05) is 43.1 Å². The van der Waals surface area contributed by atoms with Gasteiger partial charge in [-0.1, -0.05) is 6.07 Å². The zero-order valence-corrected chi connectivity index (χ0v) is 10.9. The highest BCUT2D eigenvalue weighted by atomic mass is 16.6. The number of benzene rings is 1. The van der Waals surface area contributed by atoms with Crippen LogP contribution >= 0.6 is 0 Å². The molecule has 2 rings (SSSR count). The Morgan fingerprint density at radius 2 is 2.20 bits per heavy atom. The number of nitro groups is 1. The summed E-state index contributed by atoms with van der Waals surface area (Å²) in [4.78, 5) is 14.3. The van der Waals surface area contributed by atoms with E-state index in [2.05, 4.69) is 4.98 Å². The van der Waals surface area contributed by atoms with Gasteiger partial charge in [0.1, 0.15) is 5.75 Å². The number of pyridine rings is 1. The fourth-order valence-corrected chi connectivity index (χ4v) is 1.80. The van der Waals surface area contributed by atoms with Gasteiger partial charge >= 0.3 is 0 Å². The number of hydrogen-bond acceptors (Lipinski definition) is 5. The summed E-state index contributed by atoms with van der Waals surface area (Å²) in [6.07, 6.45) is 4.21. The molecule has 0 radical (unpaired) electrons. The Balaban J connectivity index is 2.00. The minimum Gasteiger partial charge on any atom is -0.493 e. The summed E-state index contributed by atoms with van der Waals surface area (Å²) >= 11 is 0. The summed E-state index contributed by atoms with van der Waals surface area (Å²) in [6.45, 7) is 0.667. The van der Waals surface area contributed by atoms with Gasteiger partial charge in [-0.25, -0.2) is 0 Å². The van der Waals surface area contributed by atoms with Gasteiger partial charge in [0.2, 0.25) is 0 Å². The van der Waals surface area contributed by atoms with E-state index in [9.17, 15) is 10.1 Å². The Bertz CT molecular complexity index is 587. The molecule has 0 atom stereocenters. The fraction of sp³-hybridized carbons (Fsp3) is 0.214. The van der Waals surface area contributed by atoms with Crippen molar-refractivity contribution >= 4 is 5.69 Å². The molecule has 6 nitrogen and oxygen atoms in total. The number of ether oxygens (including phenoxy) is 1. The maximum absolute atomic E-state index is 10.7. The molecule has 1 aromatic carbocycles. The Hall–Kier alpha value is -2.47. The van der Waals surface area contributed by atoms with Crippen LogP contribution in [0.2, 0.25) is 0 Å². The summed E-state index contributed by atoms with van der Waals surface area (Å²) in [5.41, 5.74) is 7.31. The molecule has 0 fully saturated rings. The molecule has 2 N–H and O–H groups in total. The van der Waals surface area contributed by atoms with E-state index >= 15 is 0 Å². The van der Waals surface area contributed by atoms with Crippen molar-refractivity contribution in [3.05, 3.63) is 64.0 Å². The molecule has 0 spiro atoms. The molecule has 0 aliphatic carbocycles. The molecule has 104 valence electrons. The third-order valence-corrected chi connectivity index (χ3v) is 2.85. The monoisotopic (exact) mass is 273 g/mol. The third-order valence-electron chi connectivity index (χ3n) is 2.85. The van der Waals surface area contributed by atoms with E-state index in [1.165, 1.54) is 12.1 Å². The molecule has 6 heteroatoms. The van der Waals surface area contributed by atoms with Crippen LogP contribution in [-0.2, 0) is 13.0 Å². The van der Waals surface area contributed by atoms with E-state index < -0.39 is 4.92 Å². The molecule has 0 aliphatic rings. The van der Waals surface area contributed by atoms with E-state index in [0.717, 1.165) is 12.0 Å². The Morgan fingerprint density at radius 3 is 2.85 bits per heavy atom. The highest BCUT2D eigenvalue weighted by Crippen LogP contribution is 2.23. The van der Waals surface area contributed by atoms with Crippen molar-refractivity contribution in [2.24, 2.45) is 5.73 Å². The highest BCUT2D eigenvalue weighted by Gasteiger charge is 2.10. The number of nitrogens with zero attached hydrogens (tertiary/aromatic N) is 2. The number of aromatic nitrogens is 1. The minimum absolute atomic E-state index is 0.0186. The number of rotatable bonds is 6. The molecule has 0 saturated carbocycles. The zero-order valence-electron chi connectivity index (χ0n) is 10.9. The molecular weight excluding hydrogens is 258 g/mol. The van der Waals surface area contributed by atoms with E-state index in [1.54, 1.807) is 18.5 Å². The van der Waals surface area contributed by atoms with Crippen LogP contribution in [0.25, 0.3) is 0 Å². The predicted octanol–water partition coefficient (Wildman–Crippen LogP) is 2.07. The number of nitrogens with two attached hydrogens (primary N) is 1. The van der Waals surface area contributed by atoms with Crippen molar-refractivity contribution in [3.8, 4) is 5.75 Å². The quantitative estimate of drug-likeness (QED) is 0.642. The van der Waals surface area contributed by atoms with Crippen molar-refractivity contribution in [2.75, 3.05) is 6.61 Å². The molecule has 2 aromatic rings. The van der Waals surface area contributed by atoms with Crippen LogP contribution in [0.4, 0.5) is 5.69 Å². The van der Waals surface area contributed by atoms with Crippen LogP contribution in [0.15, 0.2) is 42.7 Å². The van der Waals surface area contributed by atoms with Crippen LogP contribution in [0, 0.1) is 10.1 Å². The molecule has 1 aromatic heterocycles. The van der Waals surface area contributed by atoms with Gasteiger partial charge < -0.3 is 10.5 Å². The molecular formula is C14H15N3O3. The lowest BCUT2D eigenvalue weighted by Crippen LogP contribution is -2.06. The number of hydrogen-bond donors (Lipinski definition) is 1. The van der Waals surface area contributed by atoms with Crippen molar-refractivity contribution < 1.29 is 9.66 Å². The minimum atomic E-state index is -0.446. The summed E-state index contributed by atoms with van der Waals surface area (Å²) in [6, 6.07) is 8.28. The van der Waals surface area contributed by atoms with Crippen LogP contribution < -0.4 is 10.5 Å². The lowest BCUT2D eigenvalue weighted by Gasteiger charge is -2.10. The Kier molecular flexibility index (Phi) is 4.62. The van der Waals surface area contributed by atoms with Gasteiger partial charge in [-0.15, -0.1) is 0 Å². The summed E-state index contributed by atoms with van der Waals surface area (Å²) < 4.78 is 5.64. The van der Waals surface area contributed by atoms with Crippen molar-refractivity contribution in [2.45, 2.75) is 13.0 Å². The largest absolute Gasteiger partial charge is 0.493 e. The molecule has 0 bridgehead atoms. The van der Waals surface area contributed by atoms with E-state index in [0.29, 0.717) is 17.9 Å². The van der Waals surface area contributed by atoms with E-state index in [4.69, 9.17) is 10.5 Å². The second-order valence-electron chi connectivity index (χ2n) is 4.21. The number of non-ortho nitro benzene ring substituents is 1. The van der Waals surface area contributed by atoms with Crippen molar-refractivity contribution in [1.82, 2.24) is 4.98 Å². The summed E-state index contributed by atoms with van der Waals surface area (Å²) in [7, 11) is 0. The van der Waals surface area contributed by atoms with Gasteiger partial charge in [0.05, 0.1) is 11.5 Å². The first-order valence-corrected chi connectivity index (χ1v) is 6.20. The SMILES string of the molecule is NCc1cc([N+](=O)[O-])ccc1OCCc1cccnc1. The van der Waals surface area contributed by atoms with Gasteiger partial charge in [0.15, 0.2) is 0 Å². The van der Waals surface area contributed by atoms with Gasteiger partial charge in [-0.2, -0.15) is 0 Å². The maximum Gasteiger partial charge on any atom is 0.270 e. The third kappa shape index (κ3) is 3.52. The molecule has 0 unspecified atom stereocenters. The molecule has 0 saturated heterocycles. The molecule has 1 heterocycles. The molecule has 0 aliphatic heterocycles. The highest BCUT2D eigenvalue weighted by molar-refractivity contribution is 5.43. The lowest BCUT2D eigenvalue weighted by atomic mass is 10.1. The van der Waals surface area contributed by atoms with E-state index in [1.807, 2.05) is 12.1 Å². The number of nitro benzene ring substituents is 1. The first-order valence-electron chi connectivity index (χ1n) is 6.20. The predicted molar refractivity (Wildman–Crippen MR) is 74.4 cm³/mol. The summed E-state index contributed by atoms with van der Waals surface area (Å²) in [5, 5.41) is 10.7. The lowest BCUT2D eigenvalue weighted by molar-refractivity contribution is -0.384. The average molecular weight is 273 g/mol. The molecule has 0 amide bonds. The second-order valence-corrected chi connectivity index (χ2v) is 4.21.